The van der Waals surface area contributed by atoms with Gasteiger partial charge in [0.1, 0.15) is 11.8 Å². The number of phenols is 1. The molecule has 3 rings (SSSR count). The summed E-state index contributed by atoms with van der Waals surface area (Å²) in [5, 5.41) is 18.6. The highest BCUT2D eigenvalue weighted by Crippen LogP contribution is 2.34. The second-order valence-corrected chi connectivity index (χ2v) is 4.72. The number of nitriles is 1. The van der Waals surface area contributed by atoms with Crippen molar-refractivity contribution in [2.45, 2.75) is 12.6 Å². The Balaban J connectivity index is 1.93. The number of carbonyl (C=O) groups is 1. The van der Waals surface area contributed by atoms with Crippen LogP contribution in [-0.2, 0) is 6.54 Å². The van der Waals surface area contributed by atoms with Crippen molar-refractivity contribution < 1.29 is 9.90 Å². The van der Waals surface area contributed by atoms with Gasteiger partial charge in [-0.2, -0.15) is 5.26 Å². The highest BCUT2D eigenvalue weighted by molar-refractivity contribution is 5.99. The Labute approximate surface area is 116 Å². The van der Waals surface area contributed by atoms with Gasteiger partial charge in [0.2, 0.25) is 0 Å². The number of amides is 1. The molecule has 0 aliphatic carbocycles. The molecule has 4 heteroatoms. The van der Waals surface area contributed by atoms with Crippen molar-refractivity contribution in [2.24, 2.45) is 0 Å². The Morgan fingerprint density at radius 3 is 2.55 bits per heavy atom. The van der Waals surface area contributed by atoms with Crippen LogP contribution in [0.1, 0.15) is 27.5 Å². The summed E-state index contributed by atoms with van der Waals surface area (Å²) in [6, 6.07) is 15.5. The molecule has 2 aromatic carbocycles. The van der Waals surface area contributed by atoms with Crippen LogP contribution in [0.15, 0.2) is 48.5 Å². The van der Waals surface area contributed by atoms with Crippen molar-refractivity contribution in [1.82, 2.24) is 4.90 Å². The third kappa shape index (κ3) is 1.90. The van der Waals surface area contributed by atoms with Gasteiger partial charge in [-0.3, -0.25) is 4.79 Å². The molecule has 1 unspecified atom stereocenters. The van der Waals surface area contributed by atoms with Gasteiger partial charge in [0.15, 0.2) is 0 Å². The molecular formula is C16H12N2O2. The molecular weight excluding hydrogens is 252 g/mol. The Morgan fingerprint density at radius 2 is 1.85 bits per heavy atom. The molecule has 0 saturated carbocycles. The maximum Gasteiger partial charge on any atom is 0.255 e. The lowest BCUT2D eigenvalue weighted by molar-refractivity contribution is 0.0744. The molecule has 1 amide bonds. The Morgan fingerprint density at radius 1 is 1.15 bits per heavy atom. The average Bonchev–Trinajstić information content (AvgIpc) is 2.74. The van der Waals surface area contributed by atoms with Crippen LogP contribution in [0.3, 0.4) is 0 Å². The maximum absolute atomic E-state index is 12.4. The van der Waals surface area contributed by atoms with Crippen molar-refractivity contribution in [2.75, 3.05) is 0 Å². The van der Waals surface area contributed by atoms with Gasteiger partial charge in [-0.25, -0.2) is 0 Å². The third-order valence-corrected chi connectivity index (χ3v) is 3.47. The molecule has 98 valence electrons. The van der Waals surface area contributed by atoms with E-state index < -0.39 is 6.04 Å². The SMILES string of the molecule is N#CC1c2ccccc2C(=O)N1Cc1ccc(O)cc1. The quantitative estimate of drug-likeness (QED) is 0.906. The summed E-state index contributed by atoms with van der Waals surface area (Å²) >= 11 is 0. The highest BCUT2D eigenvalue weighted by atomic mass is 16.3. The van der Waals surface area contributed by atoms with Crippen LogP contribution in [-0.4, -0.2) is 15.9 Å². The molecule has 4 nitrogen and oxygen atoms in total. The second-order valence-electron chi connectivity index (χ2n) is 4.72. The lowest BCUT2D eigenvalue weighted by Crippen LogP contribution is -2.26. The fourth-order valence-electron chi connectivity index (χ4n) is 2.47. The minimum atomic E-state index is -0.549. The van der Waals surface area contributed by atoms with E-state index in [0.717, 1.165) is 11.1 Å². The topological polar surface area (TPSA) is 64.3 Å². The zero-order chi connectivity index (χ0) is 14.1. The number of hydrogen-bond acceptors (Lipinski definition) is 3. The number of hydrogen-bond donors (Lipinski definition) is 1. The molecule has 0 aromatic heterocycles. The van der Waals surface area contributed by atoms with E-state index in [-0.39, 0.29) is 11.7 Å². The predicted molar refractivity (Wildman–Crippen MR) is 72.8 cm³/mol. The van der Waals surface area contributed by atoms with Crippen LogP contribution in [0.2, 0.25) is 0 Å². The van der Waals surface area contributed by atoms with Gasteiger partial charge in [0, 0.05) is 17.7 Å². The van der Waals surface area contributed by atoms with Crippen LogP contribution in [0.5, 0.6) is 5.75 Å². The Hall–Kier alpha value is -2.80. The zero-order valence-electron chi connectivity index (χ0n) is 10.7. The second kappa shape index (κ2) is 4.71. The number of aromatic hydroxyl groups is 1. The summed E-state index contributed by atoms with van der Waals surface area (Å²) < 4.78 is 0. The summed E-state index contributed by atoms with van der Waals surface area (Å²) in [7, 11) is 0. The maximum atomic E-state index is 12.4. The standard InChI is InChI=1S/C16H12N2O2/c17-9-15-13-3-1-2-4-14(13)16(20)18(15)10-11-5-7-12(19)8-6-11/h1-8,15,19H,10H2. The number of benzene rings is 2. The smallest absolute Gasteiger partial charge is 0.255 e. The fourth-order valence-corrected chi connectivity index (χ4v) is 2.47. The van der Waals surface area contributed by atoms with Gasteiger partial charge >= 0.3 is 0 Å². The van der Waals surface area contributed by atoms with Gasteiger partial charge in [0.05, 0.1) is 6.07 Å². The molecule has 0 fully saturated rings. The molecule has 2 aromatic rings. The first-order valence-electron chi connectivity index (χ1n) is 6.28. The number of nitrogens with zero attached hydrogens (tertiary/aromatic N) is 2. The molecule has 0 radical (unpaired) electrons. The summed E-state index contributed by atoms with van der Waals surface area (Å²) in [6.07, 6.45) is 0. The van der Waals surface area contributed by atoms with E-state index in [9.17, 15) is 15.2 Å². The lowest BCUT2D eigenvalue weighted by atomic mass is 10.1. The summed E-state index contributed by atoms with van der Waals surface area (Å²) in [6.45, 7) is 0.353. The van der Waals surface area contributed by atoms with Gasteiger partial charge < -0.3 is 10.0 Å². The minimum absolute atomic E-state index is 0.125. The zero-order valence-corrected chi connectivity index (χ0v) is 10.7. The van der Waals surface area contributed by atoms with Crippen molar-refractivity contribution in [3.63, 3.8) is 0 Å². The number of phenolic OH excluding ortho intramolecular Hbond substituents is 1. The summed E-state index contributed by atoms with van der Waals surface area (Å²) in [5.41, 5.74) is 2.24. The van der Waals surface area contributed by atoms with E-state index in [1.807, 2.05) is 12.1 Å². The van der Waals surface area contributed by atoms with E-state index in [4.69, 9.17) is 0 Å². The van der Waals surface area contributed by atoms with Crippen LogP contribution in [0.4, 0.5) is 0 Å². The van der Waals surface area contributed by atoms with Crippen molar-refractivity contribution >= 4 is 5.91 Å². The Bertz CT molecular complexity index is 701. The summed E-state index contributed by atoms with van der Waals surface area (Å²) in [5.74, 6) is 0.0573. The fraction of sp³-hybridized carbons (Fsp3) is 0.125. The third-order valence-electron chi connectivity index (χ3n) is 3.47. The van der Waals surface area contributed by atoms with Crippen LogP contribution in [0.25, 0.3) is 0 Å². The monoisotopic (exact) mass is 264 g/mol. The number of fused-ring (bicyclic) bond motifs is 1. The predicted octanol–water partition coefficient (Wildman–Crippen LogP) is 2.61. The molecule has 1 aliphatic heterocycles. The van der Waals surface area contributed by atoms with Crippen molar-refractivity contribution in [3.05, 3.63) is 65.2 Å². The van der Waals surface area contributed by atoms with Gasteiger partial charge in [-0.15, -0.1) is 0 Å². The molecule has 20 heavy (non-hydrogen) atoms. The minimum Gasteiger partial charge on any atom is -0.508 e. The molecule has 1 N–H and O–H groups in total. The van der Waals surface area contributed by atoms with Gasteiger partial charge in [-0.1, -0.05) is 30.3 Å². The highest BCUT2D eigenvalue weighted by Gasteiger charge is 2.36. The molecule has 0 spiro atoms. The molecule has 1 aliphatic rings. The van der Waals surface area contributed by atoms with Crippen molar-refractivity contribution in [1.29, 1.82) is 5.26 Å². The molecule has 0 bridgehead atoms. The van der Waals surface area contributed by atoms with Gasteiger partial charge in [-0.05, 0) is 23.8 Å². The normalized spacial score (nSPS) is 16.9. The molecule has 1 atom stereocenters. The van der Waals surface area contributed by atoms with Crippen molar-refractivity contribution in [3.8, 4) is 11.8 Å². The first-order valence-corrected chi connectivity index (χ1v) is 6.28. The Kier molecular flexibility index (Phi) is 2.88. The van der Waals surface area contributed by atoms with Crippen LogP contribution in [0, 0.1) is 11.3 Å². The number of rotatable bonds is 2. The largest absolute Gasteiger partial charge is 0.508 e. The van der Waals surface area contributed by atoms with E-state index in [2.05, 4.69) is 6.07 Å². The van der Waals surface area contributed by atoms with E-state index in [1.54, 1.807) is 41.3 Å². The lowest BCUT2D eigenvalue weighted by Gasteiger charge is -2.20. The van der Waals surface area contributed by atoms with E-state index in [0.29, 0.717) is 12.1 Å². The van der Waals surface area contributed by atoms with Crippen LogP contribution >= 0.6 is 0 Å². The van der Waals surface area contributed by atoms with E-state index >= 15 is 0 Å². The van der Waals surface area contributed by atoms with E-state index in [1.165, 1.54) is 0 Å². The average molecular weight is 264 g/mol. The first kappa shape index (κ1) is 12.2. The van der Waals surface area contributed by atoms with Crippen LogP contribution < -0.4 is 0 Å². The molecule has 1 heterocycles. The molecule has 0 saturated heterocycles. The van der Waals surface area contributed by atoms with Gasteiger partial charge in [0.25, 0.3) is 5.91 Å². The number of carbonyl (C=O) groups excluding carboxylic acids is 1. The summed E-state index contributed by atoms with van der Waals surface area (Å²) in [4.78, 5) is 13.9. The first-order chi connectivity index (χ1) is 9.70.